The summed E-state index contributed by atoms with van der Waals surface area (Å²) in [5.74, 6) is -0.0940. The van der Waals surface area contributed by atoms with Gasteiger partial charge in [0, 0.05) is 11.3 Å². The van der Waals surface area contributed by atoms with Crippen LogP contribution in [-0.2, 0) is 21.4 Å². The molecule has 0 fully saturated rings. The molecule has 1 aliphatic rings. The van der Waals surface area contributed by atoms with Crippen LogP contribution in [0.1, 0.15) is 11.1 Å². The van der Waals surface area contributed by atoms with Gasteiger partial charge in [0.1, 0.15) is 4.90 Å². The Balaban J connectivity index is 1.40. The number of nitrogens with zero attached hydrogens (tertiary/aromatic N) is 3. The van der Waals surface area contributed by atoms with Crippen LogP contribution in [0.3, 0.4) is 0 Å². The second-order valence-corrected chi connectivity index (χ2v) is 10.9. The molecule has 0 aliphatic carbocycles. The highest BCUT2D eigenvalue weighted by Crippen LogP contribution is 2.42. The van der Waals surface area contributed by atoms with Gasteiger partial charge in [-0.05, 0) is 30.7 Å². The molecule has 0 bridgehead atoms. The zero-order valence-corrected chi connectivity index (χ0v) is 20.5. The molecular formula is C26H22N4O3S2. The summed E-state index contributed by atoms with van der Waals surface area (Å²) >= 11 is 1.16. The second kappa shape index (κ2) is 9.52. The van der Waals surface area contributed by atoms with Gasteiger partial charge in [0.2, 0.25) is 5.91 Å². The highest BCUT2D eigenvalue weighted by Gasteiger charge is 2.36. The summed E-state index contributed by atoms with van der Waals surface area (Å²) < 4.78 is 28.5. The van der Waals surface area contributed by atoms with Gasteiger partial charge in [0.05, 0.1) is 29.9 Å². The number of anilines is 2. The molecule has 35 heavy (non-hydrogen) atoms. The van der Waals surface area contributed by atoms with Gasteiger partial charge in [0.15, 0.2) is 5.16 Å². The molecule has 0 spiro atoms. The summed E-state index contributed by atoms with van der Waals surface area (Å²) in [5.41, 5.74) is 4.32. The molecule has 2 heterocycles. The third kappa shape index (κ3) is 4.78. The van der Waals surface area contributed by atoms with E-state index in [-0.39, 0.29) is 23.1 Å². The van der Waals surface area contributed by atoms with Gasteiger partial charge in [-0.1, -0.05) is 78.0 Å². The number of rotatable bonds is 6. The molecule has 1 aliphatic heterocycles. The largest absolute Gasteiger partial charge is 0.325 e. The van der Waals surface area contributed by atoms with Crippen molar-refractivity contribution in [2.45, 2.75) is 23.5 Å². The van der Waals surface area contributed by atoms with E-state index in [1.807, 2.05) is 79.7 Å². The van der Waals surface area contributed by atoms with Gasteiger partial charge in [-0.3, -0.25) is 9.10 Å². The van der Waals surface area contributed by atoms with Crippen LogP contribution in [0, 0.1) is 6.92 Å². The molecule has 0 saturated heterocycles. The zero-order valence-electron chi connectivity index (χ0n) is 18.9. The van der Waals surface area contributed by atoms with Crippen LogP contribution >= 0.6 is 11.8 Å². The number of para-hydroxylation sites is 1. The summed E-state index contributed by atoms with van der Waals surface area (Å²) in [7, 11) is -3.87. The van der Waals surface area contributed by atoms with Crippen molar-refractivity contribution in [2.75, 3.05) is 15.4 Å². The van der Waals surface area contributed by atoms with Crippen molar-refractivity contribution in [3.05, 3.63) is 96.2 Å². The Morgan fingerprint density at radius 1 is 0.971 bits per heavy atom. The van der Waals surface area contributed by atoms with E-state index in [0.29, 0.717) is 27.8 Å². The molecule has 7 nitrogen and oxygen atoms in total. The molecule has 3 aromatic carbocycles. The van der Waals surface area contributed by atoms with Crippen molar-refractivity contribution in [1.82, 2.24) is 9.97 Å². The van der Waals surface area contributed by atoms with Gasteiger partial charge >= 0.3 is 0 Å². The number of hydrogen-bond donors (Lipinski definition) is 1. The molecule has 4 aromatic rings. The molecule has 176 valence electrons. The summed E-state index contributed by atoms with van der Waals surface area (Å²) in [6.45, 7) is 2.18. The van der Waals surface area contributed by atoms with Gasteiger partial charge in [0.25, 0.3) is 10.0 Å². The normalized spacial score (nSPS) is 13.6. The lowest BCUT2D eigenvalue weighted by molar-refractivity contribution is -0.113. The summed E-state index contributed by atoms with van der Waals surface area (Å²) in [4.78, 5) is 21.3. The molecular weight excluding hydrogens is 480 g/mol. The summed E-state index contributed by atoms with van der Waals surface area (Å²) in [5, 5.41) is 3.18. The fourth-order valence-corrected chi connectivity index (χ4v) is 6.00. The smallest absolute Gasteiger partial charge is 0.268 e. The van der Waals surface area contributed by atoms with E-state index in [4.69, 9.17) is 0 Å². The van der Waals surface area contributed by atoms with Gasteiger partial charge in [-0.2, -0.15) is 0 Å². The predicted octanol–water partition coefficient (Wildman–Crippen LogP) is 4.89. The van der Waals surface area contributed by atoms with Crippen LogP contribution in [0.4, 0.5) is 11.4 Å². The van der Waals surface area contributed by atoms with Gasteiger partial charge in [-0.25, -0.2) is 18.4 Å². The molecule has 1 N–H and O–H groups in total. The number of amides is 1. The number of thioether (sulfide) groups is 1. The third-order valence-corrected chi connectivity index (χ3v) is 8.19. The maximum absolute atomic E-state index is 13.6. The van der Waals surface area contributed by atoms with Crippen LogP contribution in [0.15, 0.2) is 95.1 Å². The van der Waals surface area contributed by atoms with E-state index in [1.54, 1.807) is 6.07 Å². The van der Waals surface area contributed by atoms with Crippen molar-refractivity contribution in [3.8, 4) is 11.3 Å². The summed E-state index contributed by atoms with van der Waals surface area (Å²) in [6.07, 6.45) is 1.34. The number of carbonyl (C=O) groups is 1. The number of carbonyl (C=O) groups excluding carboxylic acids is 1. The first-order valence-corrected chi connectivity index (χ1v) is 13.4. The van der Waals surface area contributed by atoms with Crippen LogP contribution < -0.4 is 9.62 Å². The van der Waals surface area contributed by atoms with E-state index in [1.165, 1.54) is 10.5 Å². The van der Waals surface area contributed by atoms with Crippen LogP contribution in [-0.4, -0.2) is 30.0 Å². The SMILES string of the molecule is Cc1ccc(NC(=O)CSc2ncc3c(n2)-c2ccccc2N(Cc2ccccc2)S3(=O)=O)cc1. The maximum atomic E-state index is 13.6. The summed E-state index contributed by atoms with van der Waals surface area (Å²) in [6, 6.07) is 24.3. The molecule has 5 rings (SSSR count). The van der Waals surface area contributed by atoms with Crippen LogP contribution in [0.25, 0.3) is 11.3 Å². The molecule has 0 unspecified atom stereocenters. The molecule has 0 saturated carbocycles. The second-order valence-electron chi connectivity index (χ2n) is 8.08. The minimum absolute atomic E-state index is 0.0561. The van der Waals surface area contributed by atoms with Crippen molar-refractivity contribution in [3.63, 3.8) is 0 Å². The topological polar surface area (TPSA) is 92.3 Å². The monoisotopic (exact) mass is 502 g/mol. The van der Waals surface area contributed by atoms with Crippen molar-refractivity contribution >= 4 is 39.1 Å². The number of hydrogen-bond acceptors (Lipinski definition) is 6. The van der Waals surface area contributed by atoms with Gasteiger partial charge in [-0.15, -0.1) is 0 Å². The Hall–Kier alpha value is -3.69. The van der Waals surface area contributed by atoms with Gasteiger partial charge < -0.3 is 5.32 Å². The molecule has 1 aromatic heterocycles. The number of aryl methyl sites for hydroxylation is 1. The minimum atomic E-state index is -3.87. The quantitative estimate of drug-likeness (QED) is 0.298. The van der Waals surface area contributed by atoms with E-state index in [0.717, 1.165) is 22.9 Å². The number of fused-ring (bicyclic) bond motifs is 3. The van der Waals surface area contributed by atoms with Crippen LogP contribution in [0.2, 0.25) is 0 Å². The first kappa shape index (κ1) is 23.1. The molecule has 0 atom stereocenters. The first-order chi connectivity index (χ1) is 16.9. The van der Waals surface area contributed by atoms with E-state index in [2.05, 4.69) is 15.3 Å². The fraction of sp³-hybridized carbons (Fsp3) is 0.115. The average Bonchev–Trinajstić information content (AvgIpc) is 2.87. The molecule has 0 radical (unpaired) electrons. The van der Waals surface area contributed by atoms with E-state index >= 15 is 0 Å². The Morgan fingerprint density at radius 2 is 1.69 bits per heavy atom. The van der Waals surface area contributed by atoms with Crippen LogP contribution in [0.5, 0.6) is 0 Å². The lowest BCUT2D eigenvalue weighted by Crippen LogP contribution is -2.34. The number of nitrogens with one attached hydrogen (secondary N) is 1. The maximum Gasteiger partial charge on any atom is 0.268 e. The van der Waals surface area contributed by atoms with Crippen molar-refractivity contribution < 1.29 is 13.2 Å². The number of sulfonamides is 1. The van der Waals surface area contributed by atoms with E-state index < -0.39 is 10.0 Å². The Bertz CT molecular complexity index is 1490. The first-order valence-electron chi connectivity index (χ1n) is 10.9. The molecule has 1 amide bonds. The Labute approximate surface area is 208 Å². The molecule has 9 heteroatoms. The van der Waals surface area contributed by atoms with Crippen molar-refractivity contribution in [1.29, 1.82) is 0 Å². The average molecular weight is 503 g/mol. The minimum Gasteiger partial charge on any atom is -0.325 e. The lowest BCUT2D eigenvalue weighted by atomic mass is 10.1. The predicted molar refractivity (Wildman–Crippen MR) is 138 cm³/mol. The lowest BCUT2D eigenvalue weighted by Gasteiger charge is -2.31. The zero-order chi connectivity index (χ0) is 24.4. The fourth-order valence-electron chi connectivity index (χ4n) is 3.83. The standard InChI is InChI=1S/C26H22N4O3S2/c1-18-11-13-20(14-12-18)28-24(31)17-34-26-27-15-23-25(29-26)21-9-5-6-10-22(21)30(35(23,32)33)16-19-7-3-2-4-8-19/h2-15H,16-17H2,1H3,(H,28,31). The number of benzene rings is 3. The Morgan fingerprint density at radius 3 is 2.46 bits per heavy atom. The van der Waals surface area contributed by atoms with E-state index in [9.17, 15) is 13.2 Å². The number of aromatic nitrogens is 2. The third-order valence-electron chi connectivity index (χ3n) is 5.57. The highest BCUT2D eigenvalue weighted by molar-refractivity contribution is 7.99. The van der Waals surface area contributed by atoms with Crippen molar-refractivity contribution in [2.24, 2.45) is 0 Å². The highest BCUT2D eigenvalue weighted by atomic mass is 32.2. The Kier molecular flexibility index (Phi) is 6.27.